The molecule has 0 spiro atoms. The molecule has 3 rings (SSSR count). The van der Waals surface area contributed by atoms with Crippen LogP contribution in [0.15, 0.2) is 53.4 Å². The molecule has 0 saturated carbocycles. The van der Waals surface area contributed by atoms with E-state index in [0.717, 1.165) is 5.56 Å². The van der Waals surface area contributed by atoms with E-state index in [1.54, 1.807) is 36.4 Å². The van der Waals surface area contributed by atoms with Gasteiger partial charge in [0.2, 0.25) is 10.0 Å². The molecule has 1 atom stereocenters. The van der Waals surface area contributed by atoms with Crippen molar-refractivity contribution in [1.29, 1.82) is 0 Å². The minimum absolute atomic E-state index is 0.0226. The summed E-state index contributed by atoms with van der Waals surface area (Å²) in [5, 5.41) is 10.8. The average molecular weight is 432 g/mol. The van der Waals surface area contributed by atoms with Gasteiger partial charge in [0, 0.05) is 37.5 Å². The Hall–Kier alpha value is -2.78. The van der Waals surface area contributed by atoms with Crippen molar-refractivity contribution in [3.05, 3.63) is 64.2 Å². The standard InChI is InChI=1S/C21H25N3O5S/c1-21(2,3)16-4-10-20(11-5-16)30(28,29)23-13-12-22(14-19(23)15-25)17-6-8-18(9-7-17)24(26)27/h4-11,15,19H,12-14H2,1-3H3. The monoisotopic (exact) mass is 431 g/mol. The lowest BCUT2D eigenvalue weighted by Crippen LogP contribution is -2.55. The van der Waals surface area contributed by atoms with Crippen LogP contribution in [-0.4, -0.2) is 49.6 Å². The molecular formula is C21H25N3O5S. The topological polar surface area (TPSA) is 101 Å². The maximum Gasteiger partial charge on any atom is 0.269 e. The lowest BCUT2D eigenvalue weighted by atomic mass is 9.87. The van der Waals surface area contributed by atoms with Crippen LogP contribution < -0.4 is 4.90 Å². The molecule has 9 heteroatoms. The number of non-ortho nitro benzene ring substituents is 1. The number of anilines is 1. The Kier molecular flexibility index (Phi) is 5.96. The Balaban J connectivity index is 1.80. The van der Waals surface area contributed by atoms with Crippen molar-refractivity contribution in [2.45, 2.75) is 37.1 Å². The van der Waals surface area contributed by atoms with Gasteiger partial charge in [-0.05, 0) is 35.2 Å². The largest absolute Gasteiger partial charge is 0.368 e. The Labute approximate surface area is 176 Å². The molecule has 1 fully saturated rings. The number of benzene rings is 2. The summed E-state index contributed by atoms with van der Waals surface area (Å²) < 4.78 is 27.5. The van der Waals surface area contributed by atoms with Crippen LogP contribution in [0.1, 0.15) is 26.3 Å². The van der Waals surface area contributed by atoms with Crippen LogP contribution in [0.2, 0.25) is 0 Å². The molecule has 1 heterocycles. The first-order chi connectivity index (χ1) is 14.0. The quantitative estimate of drug-likeness (QED) is 0.410. The molecule has 0 amide bonds. The van der Waals surface area contributed by atoms with E-state index in [4.69, 9.17) is 0 Å². The molecular weight excluding hydrogens is 406 g/mol. The molecule has 30 heavy (non-hydrogen) atoms. The van der Waals surface area contributed by atoms with E-state index in [-0.39, 0.29) is 29.1 Å². The number of rotatable bonds is 5. The van der Waals surface area contributed by atoms with Crippen molar-refractivity contribution in [3.8, 4) is 0 Å². The molecule has 1 aliphatic heterocycles. The van der Waals surface area contributed by atoms with Gasteiger partial charge in [-0.15, -0.1) is 0 Å². The summed E-state index contributed by atoms with van der Waals surface area (Å²) >= 11 is 0. The Bertz CT molecular complexity index is 1030. The summed E-state index contributed by atoms with van der Waals surface area (Å²) in [5.41, 5.74) is 1.62. The molecule has 1 saturated heterocycles. The van der Waals surface area contributed by atoms with Gasteiger partial charge in [0.15, 0.2) is 0 Å². The highest BCUT2D eigenvalue weighted by Gasteiger charge is 2.36. The maximum absolute atomic E-state index is 13.2. The molecule has 0 aliphatic carbocycles. The van der Waals surface area contributed by atoms with Crippen LogP contribution >= 0.6 is 0 Å². The third-order valence-electron chi connectivity index (χ3n) is 5.28. The molecule has 2 aromatic rings. The number of aldehydes is 1. The summed E-state index contributed by atoms with van der Waals surface area (Å²) in [4.78, 5) is 24.1. The molecule has 0 radical (unpaired) electrons. The Morgan fingerprint density at radius 1 is 1.03 bits per heavy atom. The maximum atomic E-state index is 13.2. The molecule has 160 valence electrons. The summed E-state index contributed by atoms with van der Waals surface area (Å²) in [6, 6.07) is 11.9. The van der Waals surface area contributed by atoms with Crippen molar-refractivity contribution < 1.29 is 18.1 Å². The van der Waals surface area contributed by atoms with Crippen LogP contribution in [0.25, 0.3) is 0 Å². The van der Waals surface area contributed by atoms with Crippen molar-refractivity contribution in [2.75, 3.05) is 24.5 Å². The number of sulfonamides is 1. The lowest BCUT2D eigenvalue weighted by molar-refractivity contribution is -0.384. The molecule has 8 nitrogen and oxygen atoms in total. The van der Waals surface area contributed by atoms with E-state index in [2.05, 4.69) is 20.8 Å². The van der Waals surface area contributed by atoms with Gasteiger partial charge in [-0.1, -0.05) is 32.9 Å². The minimum Gasteiger partial charge on any atom is -0.368 e. The van der Waals surface area contributed by atoms with Crippen LogP contribution in [0.4, 0.5) is 11.4 Å². The van der Waals surface area contributed by atoms with Crippen molar-refractivity contribution >= 4 is 27.7 Å². The first-order valence-electron chi connectivity index (χ1n) is 9.61. The summed E-state index contributed by atoms with van der Waals surface area (Å²) in [7, 11) is -3.82. The third-order valence-corrected chi connectivity index (χ3v) is 7.22. The van der Waals surface area contributed by atoms with Crippen molar-refractivity contribution in [2.24, 2.45) is 0 Å². The smallest absolute Gasteiger partial charge is 0.269 e. The van der Waals surface area contributed by atoms with Crippen LogP contribution in [0.5, 0.6) is 0 Å². The summed E-state index contributed by atoms with van der Waals surface area (Å²) in [5.74, 6) is 0. The van der Waals surface area contributed by atoms with Gasteiger partial charge >= 0.3 is 0 Å². The number of carbonyl (C=O) groups is 1. The number of nitrogens with zero attached hydrogens (tertiary/aromatic N) is 3. The summed E-state index contributed by atoms with van der Waals surface area (Å²) in [6.07, 6.45) is 0.638. The van der Waals surface area contributed by atoms with Gasteiger partial charge in [-0.2, -0.15) is 4.31 Å². The van der Waals surface area contributed by atoms with Gasteiger partial charge in [-0.3, -0.25) is 10.1 Å². The van der Waals surface area contributed by atoms with Gasteiger partial charge in [0.25, 0.3) is 5.69 Å². The normalized spacial score (nSPS) is 18.2. The van der Waals surface area contributed by atoms with Crippen LogP contribution in [-0.2, 0) is 20.2 Å². The first-order valence-corrected chi connectivity index (χ1v) is 11.0. The lowest BCUT2D eigenvalue weighted by Gasteiger charge is -2.39. The second-order valence-electron chi connectivity index (χ2n) is 8.31. The van der Waals surface area contributed by atoms with Crippen LogP contribution in [0.3, 0.4) is 0 Å². The van der Waals surface area contributed by atoms with Gasteiger partial charge in [0.1, 0.15) is 6.29 Å². The zero-order chi connectivity index (χ0) is 22.1. The Morgan fingerprint density at radius 3 is 2.13 bits per heavy atom. The van der Waals surface area contributed by atoms with E-state index in [9.17, 15) is 23.3 Å². The van der Waals surface area contributed by atoms with Crippen LogP contribution in [0, 0.1) is 10.1 Å². The zero-order valence-electron chi connectivity index (χ0n) is 17.2. The molecule has 1 unspecified atom stereocenters. The first kappa shape index (κ1) is 21.9. The van der Waals surface area contributed by atoms with Gasteiger partial charge < -0.3 is 9.69 Å². The third kappa shape index (κ3) is 4.36. The SMILES string of the molecule is CC(C)(C)c1ccc(S(=O)(=O)N2CCN(c3ccc([N+](=O)[O-])cc3)CC2C=O)cc1. The van der Waals surface area contributed by atoms with Crippen molar-refractivity contribution in [3.63, 3.8) is 0 Å². The predicted octanol–water partition coefficient (Wildman–Crippen LogP) is 2.97. The van der Waals surface area contributed by atoms with E-state index in [1.807, 2.05) is 4.90 Å². The average Bonchev–Trinajstić information content (AvgIpc) is 2.72. The second kappa shape index (κ2) is 8.16. The molecule has 0 N–H and O–H groups in total. The number of carbonyl (C=O) groups excluding carboxylic acids is 1. The molecule has 0 aromatic heterocycles. The van der Waals surface area contributed by atoms with Crippen molar-refractivity contribution in [1.82, 2.24) is 4.31 Å². The fourth-order valence-electron chi connectivity index (χ4n) is 3.48. The zero-order valence-corrected chi connectivity index (χ0v) is 18.0. The molecule has 1 aliphatic rings. The number of nitro groups is 1. The highest BCUT2D eigenvalue weighted by Crippen LogP contribution is 2.28. The fourth-order valence-corrected chi connectivity index (χ4v) is 5.03. The summed E-state index contributed by atoms with van der Waals surface area (Å²) in [6.45, 7) is 6.86. The minimum atomic E-state index is -3.82. The Morgan fingerprint density at radius 2 is 1.63 bits per heavy atom. The highest BCUT2D eigenvalue weighted by atomic mass is 32.2. The molecule has 2 aromatic carbocycles. The molecule has 0 bridgehead atoms. The number of hydrogen-bond acceptors (Lipinski definition) is 6. The second-order valence-corrected chi connectivity index (χ2v) is 10.2. The highest BCUT2D eigenvalue weighted by molar-refractivity contribution is 7.89. The number of nitro benzene ring substituents is 1. The number of hydrogen-bond donors (Lipinski definition) is 0. The van der Waals surface area contributed by atoms with E-state index in [0.29, 0.717) is 18.5 Å². The number of piperazine rings is 1. The predicted molar refractivity (Wildman–Crippen MR) is 114 cm³/mol. The fraction of sp³-hybridized carbons (Fsp3) is 0.381. The van der Waals surface area contributed by atoms with E-state index >= 15 is 0 Å². The van der Waals surface area contributed by atoms with E-state index in [1.165, 1.54) is 16.4 Å². The van der Waals surface area contributed by atoms with Gasteiger partial charge in [-0.25, -0.2) is 8.42 Å². The van der Waals surface area contributed by atoms with Gasteiger partial charge in [0.05, 0.1) is 15.9 Å². The van der Waals surface area contributed by atoms with E-state index < -0.39 is 21.0 Å².